The number of phenols is 1. The molecule has 0 aliphatic carbocycles. The second kappa shape index (κ2) is 21.2. The van der Waals surface area contributed by atoms with Crippen LogP contribution in [0, 0.1) is 12.0 Å². The first-order chi connectivity index (χ1) is 26.8. The van der Waals surface area contributed by atoms with Gasteiger partial charge in [0.05, 0.1) is 25.3 Å². The van der Waals surface area contributed by atoms with E-state index in [4.69, 9.17) is 11.6 Å². The molecule has 0 radical (unpaired) electrons. The molecule has 31 heteroatoms. The van der Waals surface area contributed by atoms with Gasteiger partial charge in [0, 0.05) is 27.4 Å². The number of anilines is 3. The average molecular weight is 989 g/mol. The summed E-state index contributed by atoms with van der Waals surface area (Å²) in [7, 11) is -22.0. The maximum atomic E-state index is 13.9. The summed E-state index contributed by atoms with van der Waals surface area (Å²) in [6.45, 7) is 0. The van der Waals surface area contributed by atoms with Crippen molar-refractivity contribution in [2.75, 3.05) is 10.6 Å². The third-order valence-electron chi connectivity index (χ3n) is 7.83. The van der Waals surface area contributed by atoms with E-state index in [1.807, 2.05) is 0 Å². The molecule has 0 fully saturated rings. The average Bonchev–Trinajstić information content (AvgIpc) is 3.10. The van der Waals surface area contributed by atoms with Crippen LogP contribution in [-0.2, 0) is 40.5 Å². The molecule has 0 unspecified atom stereocenters. The fraction of sp³-hybridized carbons (Fsp3) is 0. The number of amides is 1. The summed E-state index contributed by atoms with van der Waals surface area (Å²) in [5, 5.41) is 19.9. The van der Waals surface area contributed by atoms with Crippen molar-refractivity contribution in [2.45, 2.75) is 19.6 Å². The van der Waals surface area contributed by atoms with Crippen LogP contribution < -0.4 is 129 Å². The number of carbonyl (C=O) groups is 1. The van der Waals surface area contributed by atoms with Crippen LogP contribution >= 0.6 is 11.6 Å². The quantitative estimate of drug-likeness (QED) is 0.0377. The SMILES string of the molecule is O=C(Nc1cc(S(=O)(=O)[O-])cc2cc(S(=O)(=O)[O-])c(N=Nc3ccc4c(S(=O)(=O)[O-])cccc4c3S(=O)(=O)[O-])c(O)c12)c1cccc(Nc2nc(F)nc(F)c2Cl)c1.[Na+].[Na+].[Na+].[Na+]. The molecular formula is C31H15ClF2N6Na4O14S4. The number of aromatic hydroxyl groups is 1. The Kier molecular flexibility index (Phi) is 19.2. The Bertz CT molecular complexity index is 3290. The smallest absolute Gasteiger partial charge is 0.744 e. The Hall–Kier alpha value is -1.84. The third-order valence-corrected chi connectivity index (χ3v) is 11.7. The first kappa shape index (κ1) is 56.3. The van der Waals surface area contributed by atoms with E-state index in [0.717, 1.165) is 30.3 Å². The summed E-state index contributed by atoms with van der Waals surface area (Å²) >= 11 is 5.78. The van der Waals surface area contributed by atoms with Gasteiger partial charge in [0.1, 0.15) is 56.9 Å². The van der Waals surface area contributed by atoms with E-state index in [2.05, 4.69) is 30.8 Å². The molecule has 5 aromatic carbocycles. The van der Waals surface area contributed by atoms with Crippen molar-refractivity contribution in [3.63, 3.8) is 0 Å². The number of nitrogens with one attached hydrogen (secondary N) is 2. The van der Waals surface area contributed by atoms with Gasteiger partial charge in [0.15, 0.2) is 11.6 Å². The van der Waals surface area contributed by atoms with Gasteiger partial charge in [-0.25, -0.2) is 33.7 Å². The van der Waals surface area contributed by atoms with Gasteiger partial charge in [-0.15, -0.1) is 10.2 Å². The number of aromatic nitrogens is 2. The number of azo groups is 1. The Balaban J connectivity index is 0.00000331. The zero-order chi connectivity index (χ0) is 42.7. The summed E-state index contributed by atoms with van der Waals surface area (Å²) in [5.41, 5.74) is -3.27. The van der Waals surface area contributed by atoms with Gasteiger partial charge in [0.2, 0.25) is 5.95 Å². The van der Waals surface area contributed by atoms with Gasteiger partial charge in [-0.3, -0.25) is 4.79 Å². The van der Waals surface area contributed by atoms with Crippen LogP contribution in [0.25, 0.3) is 21.5 Å². The minimum Gasteiger partial charge on any atom is -0.744 e. The standard InChI is InChI=1S/C31H19ClF2N6O14S4.4Na/c32-24-28(33)37-31(34)38-29(24)35-15-4-1-3-13(9-15)30(42)36-20-12-16(55(43,44)45)10-14-11-22(57(49,50)51)25(26(41)23(14)20)40-39-19-8-7-17-18(27(19)58(52,53)54)5-2-6-21(17)56(46,47)48;;;;/h1-12,41H,(H,36,42)(H,35,37,38)(H,43,44,45)(H,46,47,48)(H,49,50,51)(H,52,53,54);;;;/q;4*+1/p-4. The molecule has 3 N–H and O–H groups in total. The van der Waals surface area contributed by atoms with E-state index >= 15 is 0 Å². The number of phenolic OH excluding ortho intramolecular Hbond substituents is 1. The molecule has 62 heavy (non-hydrogen) atoms. The number of halogens is 3. The molecular weight excluding hydrogens is 974 g/mol. The fourth-order valence-electron chi connectivity index (χ4n) is 5.49. The number of carbonyl (C=O) groups excluding carboxylic acids is 1. The summed E-state index contributed by atoms with van der Waals surface area (Å²) in [4.78, 5) is 14.9. The molecule has 1 amide bonds. The number of hydrogen-bond acceptors (Lipinski definition) is 19. The van der Waals surface area contributed by atoms with E-state index < -0.39 is 133 Å². The van der Waals surface area contributed by atoms with Crippen LogP contribution in [-0.4, -0.2) is 72.9 Å². The molecule has 6 aromatic rings. The summed E-state index contributed by atoms with van der Waals surface area (Å²) in [5.74, 6) is -4.45. The molecule has 20 nitrogen and oxygen atoms in total. The van der Waals surface area contributed by atoms with Gasteiger partial charge in [0.25, 0.3) is 5.91 Å². The van der Waals surface area contributed by atoms with Gasteiger partial charge in [-0.05, 0) is 53.9 Å². The van der Waals surface area contributed by atoms with E-state index in [1.54, 1.807) is 0 Å². The molecule has 0 bridgehead atoms. The monoisotopic (exact) mass is 988 g/mol. The van der Waals surface area contributed by atoms with Crippen molar-refractivity contribution >= 4 is 108 Å². The maximum absolute atomic E-state index is 13.9. The van der Waals surface area contributed by atoms with Gasteiger partial charge in [-0.2, -0.15) is 18.7 Å². The first-order valence-corrected chi connectivity index (χ1v) is 21.1. The Morgan fingerprint density at radius 3 is 1.94 bits per heavy atom. The second-order valence-corrected chi connectivity index (χ2v) is 17.3. The van der Waals surface area contributed by atoms with Crippen LogP contribution in [0.4, 0.5) is 37.3 Å². The number of nitrogens with zero attached hydrogens (tertiary/aromatic N) is 4. The number of benzene rings is 5. The van der Waals surface area contributed by atoms with Crippen molar-refractivity contribution in [2.24, 2.45) is 10.2 Å². The minimum atomic E-state index is -5.75. The van der Waals surface area contributed by atoms with Crippen LogP contribution in [0.1, 0.15) is 10.4 Å². The molecule has 0 saturated carbocycles. The normalized spacial score (nSPS) is 11.9. The van der Waals surface area contributed by atoms with Gasteiger partial charge < -0.3 is 34.0 Å². The number of fused-ring (bicyclic) bond motifs is 2. The predicted octanol–water partition coefficient (Wildman–Crippen LogP) is -7.54. The Morgan fingerprint density at radius 1 is 0.710 bits per heavy atom. The van der Waals surface area contributed by atoms with Crippen LogP contribution in [0.3, 0.4) is 0 Å². The van der Waals surface area contributed by atoms with Crippen molar-refractivity contribution in [3.8, 4) is 5.75 Å². The van der Waals surface area contributed by atoms with Crippen molar-refractivity contribution in [1.82, 2.24) is 9.97 Å². The van der Waals surface area contributed by atoms with Crippen molar-refractivity contribution < 1.29 is 189 Å². The largest absolute Gasteiger partial charge is 1.00 e. The molecule has 0 aliphatic rings. The number of rotatable bonds is 10. The maximum Gasteiger partial charge on any atom is 1.00 e. The van der Waals surface area contributed by atoms with Gasteiger partial charge >= 0.3 is 124 Å². The van der Waals surface area contributed by atoms with E-state index in [9.17, 15) is 70.6 Å². The summed E-state index contributed by atoms with van der Waals surface area (Å²) < 4.78 is 174. The molecule has 302 valence electrons. The third kappa shape index (κ3) is 12.3. The topological polar surface area (TPSA) is 341 Å². The summed E-state index contributed by atoms with van der Waals surface area (Å²) in [6.07, 6.45) is -1.50. The molecule has 0 saturated heterocycles. The van der Waals surface area contributed by atoms with E-state index in [1.165, 1.54) is 18.2 Å². The Morgan fingerprint density at radius 2 is 1.34 bits per heavy atom. The van der Waals surface area contributed by atoms with Crippen molar-refractivity contribution in [1.29, 1.82) is 0 Å². The van der Waals surface area contributed by atoms with E-state index in [0.29, 0.717) is 24.3 Å². The molecule has 0 aliphatic heterocycles. The van der Waals surface area contributed by atoms with E-state index in [-0.39, 0.29) is 129 Å². The van der Waals surface area contributed by atoms with Crippen molar-refractivity contribution in [3.05, 3.63) is 95.4 Å². The van der Waals surface area contributed by atoms with Crippen LogP contribution in [0.2, 0.25) is 5.02 Å². The molecule has 6 rings (SSSR count). The summed E-state index contributed by atoms with van der Waals surface area (Å²) in [6, 6.07) is 10.5. The predicted molar refractivity (Wildman–Crippen MR) is 190 cm³/mol. The molecule has 1 heterocycles. The zero-order valence-corrected chi connectivity index (χ0v) is 43.8. The molecule has 1 aromatic heterocycles. The van der Waals surface area contributed by atoms with Crippen LogP contribution in [0.15, 0.2) is 103 Å². The minimum absolute atomic E-state index is 0. The zero-order valence-electron chi connectivity index (χ0n) is 31.7. The molecule has 0 spiro atoms. The second-order valence-electron chi connectivity index (χ2n) is 11.5. The van der Waals surface area contributed by atoms with Gasteiger partial charge in [-0.1, -0.05) is 35.9 Å². The fourth-order valence-corrected chi connectivity index (χ4v) is 8.31. The molecule has 0 atom stereocenters. The Labute approximate surface area is 442 Å². The first-order valence-electron chi connectivity index (χ1n) is 15.1. The number of hydrogen-bond donors (Lipinski definition) is 3. The van der Waals surface area contributed by atoms with Crippen LogP contribution in [0.5, 0.6) is 5.75 Å².